The van der Waals surface area contributed by atoms with E-state index in [1.54, 1.807) is 6.07 Å². The van der Waals surface area contributed by atoms with Gasteiger partial charge in [-0.2, -0.15) is 4.98 Å². The van der Waals surface area contributed by atoms with Crippen LogP contribution in [0.4, 0.5) is 0 Å². The number of aryl methyl sites for hydroxylation is 2. The predicted molar refractivity (Wildman–Crippen MR) is 98.8 cm³/mol. The summed E-state index contributed by atoms with van der Waals surface area (Å²) in [4.78, 5) is 31.2. The van der Waals surface area contributed by atoms with Gasteiger partial charge in [0.25, 0.3) is 5.56 Å². The maximum atomic E-state index is 12.3. The maximum absolute atomic E-state index is 12.3. The average molecular weight is 354 g/mol. The van der Waals surface area contributed by atoms with Crippen molar-refractivity contribution >= 4 is 16.8 Å². The molecule has 2 N–H and O–H groups in total. The first kappa shape index (κ1) is 17.8. The van der Waals surface area contributed by atoms with E-state index in [1.807, 2.05) is 39.0 Å². The number of benzene rings is 1. The van der Waals surface area contributed by atoms with Gasteiger partial charge in [-0.15, -0.1) is 0 Å². The van der Waals surface area contributed by atoms with Gasteiger partial charge in [0, 0.05) is 24.9 Å². The monoisotopic (exact) mass is 354 g/mol. The Balaban J connectivity index is 1.74. The van der Waals surface area contributed by atoms with E-state index in [-0.39, 0.29) is 23.7 Å². The number of hydrogen-bond donors (Lipinski definition) is 2. The molecule has 0 saturated carbocycles. The number of aromatic amines is 1. The molecule has 0 atom stereocenters. The van der Waals surface area contributed by atoms with Gasteiger partial charge >= 0.3 is 0 Å². The Morgan fingerprint density at radius 3 is 2.88 bits per heavy atom. The highest BCUT2D eigenvalue weighted by atomic mass is 16.5. The molecule has 0 aliphatic carbocycles. The van der Waals surface area contributed by atoms with E-state index >= 15 is 0 Å². The number of amides is 1. The van der Waals surface area contributed by atoms with Crippen molar-refractivity contribution in [3.8, 4) is 11.4 Å². The summed E-state index contributed by atoms with van der Waals surface area (Å²) in [5, 5.41) is 7.62. The summed E-state index contributed by atoms with van der Waals surface area (Å²) in [5.74, 6) is 0.907. The van der Waals surface area contributed by atoms with Crippen molar-refractivity contribution in [2.24, 2.45) is 5.92 Å². The van der Waals surface area contributed by atoms with Crippen LogP contribution in [0.25, 0.3) is 22.3 Å². The molecule has 2 aromatic heterocycles. The lowest BCUT2D eigenvalue weighted by Crippen LogP contribution is -2.27. The van der Waals surface area contributed by atoms with Gasteiger partial charge in [0.15, 0.2) is 0 Å². The van der Waals surface area contributed by atoms with Gasteiger partial charge in [-0.3, -0.25) is 9.59 Å². The molecular formula is C19H22N4O3. The van der Waals surface area contributed by atoms with Gasteiger partial charge < -0.3 is 14.8 Å². The SMILES string of the molecule is Cc1ccc2cc(-c3noc(CCC(=O)NCC(C)C)n3)c(=O)[nH]c2c1. The Morgan fingerprint density at radius 2 is 2.12 bits per heavy atom. The predicted octanol–water partition coefficient (Wildman–Crippen LogP) is 2.59. The van der Waals surface area contributed by atoms with Gasteiger partial charge in [-0.1, -0.05) is 31.1 Å². The second-order valence-corrected chi connectivity index (χ2v) is 6.81. The number of rotatable bonds is 6. The van der Waals surface area contributed by atoms with Crippen LogP contribution < -0.4 is 10.9 Å². The van der Waals surface area contributed by atoms with E-state index in [4.69, 9.17) is 4.52 Å². The molecule has 1 amide bonds. The standard InChI is InChI=1S/C19H22N4O3/c1-11(2)10-20-16(24)6-7-17-22-18(23-26-17)14-9-13-5-4-12(3)8-15(13)21-19(14)25/h4-5,8-9,11H,6-7,10H2,1-3H3,(H,20,24)(H,21,25). The fourth-order valence-corrected chi connectivity index (χ4v) is 2.57. The Labute approximate surface area is 150 Å². The number of hydrogen-bond acceptors (Lipinski definition) is 5. The number of carbonyl (C=O) groups is 1. The molecule has 136 valence electrons. The molecule has 0 bridgehead atoms. The third-order valence-electron chi connectivity index (χ3n) is 3.98. The average Bonchev–Trinajstić information content (AvgIpc) is 3.06. The smallest absolute Gasteiger partial charge is 0.259 e. The summed E-state index contributed by atoms with van der Waals surface area (Å²) in [7, 11) is 0. The van der Waals surface area contributed by atoms with E-state index in [2.05, 4.69) is 20.4 Å². The van der Waals surface area contributed by atoms with Gasteiger partial charge in [0.1, 0.15) is 0 Å². The number of nitrogens with one attached hydrogen (secondary N) is 2. The van der Waals surface area contributed by atoms with Crippen LogP contribution in [0, 0.1) is 12.8 Å². The zero-order valence-corrected chi connectivity index (χ0v) is 15.1. The van der Waals surface area contributed by atoms with Crippen LogP contribution in [0.15, 0.2) is 33.6 Å². The fraction of sp³-hybridized carbons (Fsp3) is 0.368. The van der Waals surface area contributed by atoms with Gasteiger partial charge in [0.2, 0.25) is 17.6 Å². The van der Waals surface area contributed by atoms with Gasteiger partial charge in [-0.05, 0) is 35.9 Å². The molecule has 7 nitrogen and oxygen atoms in total. The molecule has 0 fully saturated rings. The lowest BCUT2D eigenvalue weighted by molar-refractivity contribution is -0.121. The van der Waals surface area contributed by atoms with Crippen molar-refractivity contribution in [2.45, 2.75) is 33.6 Å². The van der Waals surface area contributed by atoms with Crippen LogP contribution in [0.5, 0.6) is 0 Å². The zero-order chi connectivity index (χ0) is 18.7. The second-order valence-electron chi connectivity index (χ2n) is 6.81. The van der Waals surface area contributed by atoms with Crippen LogP contribution in [0.2, 0.25) is 0 Å². The van der Waals surface area contributed by atoms with Crippen molar-refractivity contribution in [2.75, 3.05) is 6.54 Å². The normalized spacial score (nSPS) is 11.2. The number of aromatic nitrogens is 3. The zero-order valence-electron chi connectivity index (χ0n) is 15.1. The maximum Gasteiger partial charge on any atom is 0.259 e. The van der Waals surface area contributed by atoms with Crippen molar-refractivity contribution in [1.82, 2.24) is 20.4 Å². The Hall–Kier alpha value is -2.96. The summed E-state index contributed by atoms with van der Waals surface area (Å²) >= 11 is 0. The largest absolute Gasteiger partial charge is 0.356 e. The summed E-state index contributed by atoms with van der Waals surface area (Å²) in [5.41, 5.74) is 1.91. The van der Waals surface area contributed by atoms with Crippen LogP contribution in [0.1, 0.15) is 31.7 Å². The number of carbonyl (C=O) groups excluding carboxylic acids is 1. The van der Waals surface area contributed by atoms with E-state index in [0.717, 1.165) is 16.5 Å². The molecule has 0 radical (unpaired) electrons. The molecule has 0 aliphatic heterocycles. The minimum atomic E-state index is -0.273. The number of fused-ring (bicyclic) bond motifs is 1. The van der Waals surface area contributed by atoms with Crippen molar-refractivity contribution in [1.29, 1.82) is 0 Å². The van der Waals surface area contributed by atoms with Crippen LogP contribution in [0.3, 0.4) is 0 Å². The quantitative estimate of drug-likeness (QED) is 0.708. The summed E-state index contributed by atoms with van der Waals surface area (Å²) in [6.45, 7) is 6.67. The highest BCUT2D eigenvalue weighted by molar-refractivity contribution is 5.82. The number of H-pyrrole nitrogens is 1. The van der Waals surface area contributed by atoms with Crippen molar-refractivity contribution < 1.29 is 9.32 Å². The lowest BCUT2D eigenvalue weighted by atomic mass is 10.1. The highest BCUT2D eigenvalue weighted by Gasteiger charge is 2.14. The summed E-state index contributed by atoms with van der Waals surface area (Å²) < 4.78 is 5.19. The first-order valence-electron chi connectivity index (χ1n) is 8.65. The van der Waals surface area contributed by atoms with E-state index in [9.17, 15) is 9.59 Å². The molecule has 0 unspecified atom stereocenters. The van der Waals surface area contributed by atoms with E-state index in [0.29, 0.717) is 30.3 Å². The molecule has 1 aromatic carbocycles. The molecule has 0 spiro atoms. The minimum Gasteiger partial charge on any atom is -0.356 e. The van der Waals surface area contributed by atoms with E-state index < -0.39 is 0 Å². The first-order valence-corrected chi connectivity index (χ1v) is 8.65. The number of pyridine rings is 1. The molecule has 3 rings (SSSR count). The topological polar surface area (TPSA) is 101 Å². The highest BCUT2D eigenvalue weighted by Crippen LogP contribution is 2.18. The van der Waals surface area contributed by atoms with Crippen molar-refractivity contribution in [3.63, 3.8) is 0 Å². The third kappa shape index (κ3) is 4.17. The first-order chi connectivity index (χ1) is 12.4. The second kappa shape index (κ2) is 7.51. The van der Waals surface area contributed by atoms with E-state index in [1.165, 1.54) is 0 Å². The summed E-state index contributed by atoms with van der Waals surface area (Å²) in [6.07, 6.45) is 0.601. The molecule has 0 aliphatic rings. The molecule has 0 saturated heterocycles. The molecular weight excluding hydrogens is 332 g/mol. The summed E-state index contributed by atoms with van der Waals surface area (Å²) in [6, 6.07) is 7.57. The minimum absolute atomic E-state index is 0.0580. The Bertz CT molecular complexity index is 988. The molecule has 26 heavy (non-hydrogen) atoms. The molecule has 2 heterocycles. The van der Waals surface area contributed by atoms with Gasteiger partial charge in [-0.25, -0.2) is 0 Å². The van der Waals surface area contributed by atoms with Crippen molar-refractivity contribution in [3.05, 3.63) is 46.1 Å². The third-order valence-corrected chi connectivity index (χ3v) is 3.98. The van der Waals surface area contributed by atoms with Crippen LogP contribution in [-0.2, 0) is 11.2 Å². The number of nitrogens with zero attached hydrogens (tertiary/aromatic N) is 2. The lowest BCUT2D eigenvalue weighted by Gasteiger charge is -2.06. The fourth-order valence-electron chi connectivity index (χ4n) is 2.57. The Morgan fingerprint density at radius 1 is 1.31 bits per heavy atom. The molecule has 7 heteroatoms. The van der Waals surface area contributed by atoms with Gasteiger partial charge in [0.05, 0.1) is 5.56 Å². The Kier molecular flexibility index (Phi) is 5.16. The molecule has 3 aromatic rings. The van der Waals surface area contributed by atoms with Crippen LogP contribution in [-0.4, -0.2) is 27.6 Å². The van der Waals surface area contributed by atoms with Crippen LogP contribution >= 0.6 is 0 Å².